The van der Waals surface area contributed by atoms with Gasteiger partial charge in [-0.15, -0.1) is 11.3 Å². The van der Waals surface area contributed by atoms with Crippen LogP contribution in [0.1, 0.15) is 53.1 Å². The number of carbonyl (C=O) groups is 1. The number of ether oxygens (including phenoxy) is 2. The monoisotopic (exact) mass is 513 g/mol. The molecular formula is C30H31N3O3S. The fourth-order valence-corrected chi connectivity index (χ4v) is 7.02. The Morgan fingerprint density at radius 1 is 1.05 bits per heavy atom. The number of aryl methyl sites for hydroxylation is 1. The second-order valence-corrected chi connectivity index (χ2v) is 10.5. The molecule has 6 nitrogen and oxygen atoms in total. The van der Waals surface area contributed by atoms with Crippen LogP contribution in [0.5, 0.6) is 11.5 Å². The number of fused-ring (bicyclic) bond motifs is 5. The Hall–Kier alpha value is -3.71. The van der Waals surface area contributed by atoms with Crippen molar-refractivity contribution in [3.63, 3.8) is 0 Å². The minimum absolute atomic E-state index is 0.160. The molecule has 0 unspecified atom stereocenters. The van der Waals surface area contributed by atoms with Crippen LogP contribution < -0.4 is 14.8 Å². The van der Waals surface area contributed by atoms with E-state index in [9.17, 15) is 4.79 Å². The minimum Gasteiger partial charge on any atom is -0.495 e. The number of thiophene rings is 1. The SMILES string of the molecule is CCOc1cccc([C@H]2c3cccn3-c3sc4c(c3CN2C(=O)Nc2ccccc2OC)CCCC4)c1. The van der Waals surface area contributed by atoms with E-state index >= 15 is 0 Å². The van der Waals surface area contributed by atoms with Crippen LogP contribution in [-0.4, -0.2) is 29.2 Å². The number of aromatic nitrogens is 1. The zero-order valence-corrected chi connectivity index (χ0v) is 22.0. The highest BCUT2D eigenvalue weighted by molar-refractivity contribution is 7.15. The van der Waals surface area contributed by atoms with Crippen LogP contribution in [0.4, 0.5) is 10.5 Å². The van der Waals surface area contributed by atoms with Gasteiger partial charge in [-0.1, -0.05) is 24.3 Å². The van der Waals surface area contributed by atoms with E-state index in [1.165, 1.54) is 33.8 Å². The van der Waals surface area contributed by atoms with Crippen LogP contribution in [0.25, 0.3) is 5.00 Å². The zero-order valence-electron chi connectivity index (χ0n) is 21.2. The topological polar surface area (TPSA) is 55.7 Å². The number of urea groups is 1. The lowest BCUT2D eigenvalue weighted by Gasteiger charge is -2.32. The van der Waals surface area contributed by atoms with Crippen molar-refractivity contribution < 1.29 is 14.3 Å². The highest BCUT2D eigenvalue weighted by Gasteiger charge is 2.36. The summed E-state index contributed by atoms with van der Waals surface area (Å²) in [6.07, 6.45) is 6.76. The number of carbonyl (C=O) groups excluding carboxylic acids is 1. The van der Waals surface area contributed by atoms with E-state index in [0.717, 1.165) is 29.8 Å². The van der Waals surface area contributed by atoms with Gasteiger partial charge in [-0.3, -0.25) is 0 Å². The molecular weight excluding hydrogens is 482 g/mol. The molecule has 0 saturated heterocycles. The Bertz CT molecular complexity index is 1440. The first-order valence-corrected chi connectivity index (χ1v) is 13.7. The first kappa shape index (κ1) is 23.7. The number of hydrogen-bond acceptors (Lipinski definition) is 4. The summed E-state index contributed by atoms with van der Waals surface area (Å²) >= 11 is 1.89. The summed E-state index contributed by atoms with van der Waals surface area (Å²) in [7, 11) is 1.62. The molecule has 6 rings (SSSR count). The summed E-state index contributed by atoms with van der Waals surface area (Å²) in [5.74, 6) is 1.44. The van der Waals surface area contributed by atoms with Crippen molar-refractivity contribution in [1.29, 1.82) is 0 Å². The number of anilines is 1. The maximum atomic E-state index is 14.1. The predicted octanol–water partition coefficient (Wildman–Crippen LogP) is 6.96. The van der Waals surface area contributed by atoms with Gasteiger partial charge in [0, 0.05) is 16.6 Å². The Kier molecular flexibility index (Phi) is 6.38. The van der Waals surface area contributed by atoms with Gasteiger partial charge in [0.15, 0.2) is 0 Å². The van der Waals surface area contributed by atoms with Gasteiger partial charge in [-0.25, -0.2) is 4.79 Å². The first-order valence-electron chi connectivity index (χ1n) is 12.9. The average molecular weight is 514 g/mol. The van der Waals surface area contributed by atoms with Crippen LogP contribution in [0.2, 0.25) is 0 Å². The molecule has 37 heavy (non-hydrogen) atoms. The van der Waals surface area contributed by atoms with Crippen molar-refractivity contribution in [1.82, 2.24) is 9.47 Å². The maximum Gasteiger partial charge on any atom is 0.323 e. The summed E-state index contributed by atoms with van der Waals surface area (Å²) in [6, 6.07) is 19.4. The third-order valence-corrected chi connectivity index (χ3v) is 8.61. The van der Waals surface area contributed by atoms with Crippen LogP contribution in [0, 0.1) is 0 Å². The normalized spacial score (nSPS) is 16.3. The van der Waals surface area contributed by atoms with Crippen molar-refractivity contribution in [3.8, 4) is 16.5 Å². The summed E-state index contributed by atoms with van der Waals surface area (Å²) in [6.45, 7) is 3.11. The van der Waals surface area contributed by atoms with Gasteiger partial charge in [-0.2, -0.15) is 0 Å². The molecule has 2 aromatic heterocycles. The smallest absolute Gasteiger partial charge is 0.323 e. The molecule has 3 heterocycles. The third-order valence-electron chi connectivity index (χ3n) is 7.27. The van der Waals surface area contributed by atoms with Crippen LogP contribution in [0.15, 0.2) is 66.9 Å². The van der Waals surface area contributed by atoms with Gasteiger partial charge >= 0.3 is 6.03 Å². The molecule has 4 aromatic rings. The average Bonchev–Trinajstić information content (AvgIpc) is 3.51. The van der Waals surface area contributed by atoms with Gasteiger partial charge in [0.25, 0.3) is 0 Å². The Morgan fingerprint density at radius 3 is 2.78 bits per heavy atom. The number of methoxy groups -OCH3 is 1. The molecule has 2 aromatic carbocycles. The van der Waals surface area contributed by atoms with Crippen molar-refractivity contribution in [3.05, 3.63) is 94.1 Å². The highest BCUT2D eigenvalue weighted by Crippen LogP contribution is 2.44. The first-order chi connectivity index (χ1) is 18.2. The second-order valence-electron chi connectivity index (χ2n) is 9.46. The lowest BCUT2D eigenvalue weighted by Crippen LogP contribution is -2.38. The fraction of sp³-hybridized carbons (Fsp3) is 0.300. The van der Waals surface area contributed by atoms with Gasteiger partial charge < -0.3 is 24.3 Å². The van der Waals surface area contributed by atoms with Crippen LogP contribution in [0.3, 0.4) is 0 Å². The molecule has 2 aliphatic rings. The molecule has 1 atom stereocenters. The highest BCUT2D eigenvalue weighted by atomic mass is 32.1. The van der Waals surface area contributed by atoms with E-state index in [1.54, 1.807) is 7.11 Å². The third kappa shape index (κ3) is 4.27. The van der Waals surface area contributed by atoms with Gasteiger partial charge in [0.05, 0.1) is 37.7 Å². The van der Waals surface area contributed by atoms with Crippen molar-refractivity contribution in [2.24, 2.45) is 0 Å². The molecule has 1 aliphatic heterocycles. The quantitative estimate of drug-likeness (QED) is 0.314. The Morgan fingerprint density at radius 2 is 1.92 bits per heavy atom. The number of benzene rings is 2. The Labute approximate surface area is 221 Å². The molecule has 0 bridgehead atoms. The minimum atomic E-state index is -0.288. The lowest BCUT2D eigenvalue weighted by molar-refractivity contribution is 0.194. The summed E-state index contributed by atoms with van der Waals surface area (Å²) < 4.78 is 13.7. The van der Waals surface area contributed by atoms with Crippen LogP contribution >= 0.6 is 11.3 Å². The van der Waals surface area contributed by atoms with Crippen molar-refractivity contribution >= 4 is 23.1 Å². The molecule has 1 N–H and O–H groups in total. The van der Waals surface area contributed by atoms with Gasteiger partial charge in [0.1, 0.15) is 16.5 Å². The van der Waals surface area contributed by atoms with E-state index in [2.05, 4.69) is 40.3 Å². The van der Waals surface area contributed by atoms with E-state index in [1.807, 2.05) is 59.6 Å². The molecule has 2 amide bonds. The van der Waals surface area contributed by atoms with Gasteiger partial charge in [0.2, 0.25) is 0 Å². The van der Waals surface area contributed by atoms with Crippen molar-refractivity contribution in [2.75, 3.05) is 19.0 Å². The fourth-order valence-electron chi connectivity index (χ4n) is 5.61. The zero-order chi connectivity index (χ0) is 25.4. The van der Waals surface area contributed by atoms with E-state index < -0.39 is 0 Å². The molecule has 0 radical (unpaired) electrons. The number of rotatable bonds is 5. The predicted molar refractivity (Wildman–Crippen MR) is 147 cm³/mol. The van der Waals surface area contributed by atoms with E-state index in [4.69, 9.17) is 9.47 Å². The van der Waals surface area contributed by atoms with E-state index in [0.29, 0.717) is 24.6 Å². The second kappa shape index (κ2) is 9.98. The number of para-hydroxylation sites is 2. The summed E-state index contributed by atoms with van der Waals surface area (Å²) in [4.78, 5) is 17.6. The Balaban J connectivity index is 1.49. The number of amides is 2. The summed E-state index contributed by atoms with van der Waals surface area (Å²) in [5, 5.41) is 4.39. The summed E-state index contributed by atoms with van der Waals surface area (Å²) in [5.41, 5.74) is 5.45. The standard InChI is InChI=1S/C30H31N3O3S/c1-3-36-21-11-8-10-20(18-21)28-25-14-9-17-32(25)29-23(22-12-4-7-16-27(22)37-29)19-33(28)30(34)31-24-13-5-6-15-26(24)35-2/h5-6,8-11,13-15,17-18,28H,3-4,7,12,16,19H2,1-2H3,(H,31,34)/t28-/m0/s1. The molecule has 0 fully saturated rings. The van der Waals surface area contributed by atoms with Crippen molar-refractivity contribution in [2.45, 2.75) is 45.2 Å². The largest absolute Gasteiger partial charge is 0.495 e. The number of nitrogens with one attached hydrogen (secondary N) is 1. The molecule has 1 aliphatic carbocycles. The lowest BCUT2D eigenvalue weighted by atomic mass is 9.95. The number of hydrogen-bond donors (Lipinski definition) is 1. The molecule has 0 saturated carbocycles. The number of nitrogens with zero attached hydrogens (tertiary/aromatic N) is 2. The molecule has 190 valence electrons. The van der Waals surface area contributed by atoms with Gasteiger partial charge in [-0.05, 0) is 80.1 Å². The van der Waals surface area contributed by atoms with E-state index in [-0.39, 0.29) is 12.1 Å². The molecule has 7 heteroatoms. The van der Waals surface area contributed by atoms with Crippen LogP contribution in [-0.2, 0) is 19.4 Å². The molecule has 0 spiro atoms. The maximum absolute atomic E-state index is 14.1.